The maximum atomic E-state index is 12.0. The van der Waals surface area contributed by atoms with Crippen LogP contribution >= 0.6 is 11.3 Å². The summed E-state index contributed by atoms with van der Waals surface area (Å²) in [4.78, 5) is 16.0. The second-order valence-electron chi connectivity index (χ2n) is 4.90. The van der Waals surface area contributed by atoms with Crippen LogP contribution in [0, 0.1) is 0 Å². The van der Waals surface area contributed by atoms with Crippen LogP contribution in [0.4, 0.5) is 5.13 Å². The van der Waals surface area contributed by atoms with Gasteiger partial charge in [-0.1, -0.05) is 60.7 Å². The SMILES string of the molecule is O=C(COC(c1ccccc1)c1ccccc1)Nc1nccs1. The van der Waals surface area contributed by atoms with Crippen LogP contribution in [0.2, 0.25) is 0 Å². The fourth-order valence-electron chi connectivity index (χ4n) is 2.24. The molecule has 0 aliphatic rings. The van der Waals surface area contributed by atoms with Gasteiger partial charge in [-0.3, -0.25) is 10.1 Å². The highest BCUT2D eigenvalue weighted by Gasteiger charge is 2.16. The van der Waals surface area contributed by atoms with Gasteiger partial charge in [-0.15, -0.1) is 11.3 Å². The number of thiazole rings is 1. The lowest BCUT2D eigenvalue weighted by Gasteiger charge is -2.18. The third-order valence-corrected chi connectivity index (χ3v) is 3.95. The first kappa shape index (κ1) is 15.4. The van der Waals surface area contributed by atoms with Crippen LogP contribution in [-0.4, -0.2) is 17.5 Å². The Morgan fingerprint density at radius 2 is 1.65 bits per heavy atom. The number of hydrogen-bond donors (Lipinski definition) is 1. The van der Waals surface area contributed by atoms with Gasteiger partial charge in [0.15, 0.2) is 5.13 Å². The Kier molecular flexibility index (Phi) is 5.13. The Hall–Kier alpha value is -2.50. The number of rotatable bonds is 6. The third-order valence-electron chi connectivity index (χ3n) is 3.26. The van der Waals surface area contributed by atoms with Crippen LogP contribution in [0.15, 0.2) is 72.2 Å². The highest BCUT2D eigenvalue weighted by Crippen LogP contribution is 2.25. The molecule has 0 atom stereocenters. The van der Waals surface area contributed by atoms with Gasteiger partial charge in [-0.25, -0.2) is 4.98 Å². The lowest BCUT2D eigenvalue weighted by Crippen LogP contribution is -2.20. The third kappa shape index (κ3) is 4.25. The van der Waals surface area contributed by atoms with Crippen LogP contribution in [0.3, 0.4) is 0 Å². The Morgan fingerprint density at radius 3 is 2.17 bits per heavy atom. The molecule has 0 fully saturated rings. The Labute approximate surface area is 138 Å². The first-order valence-electron chi connectivity index (χ1n) is 7.24. The summed E-state index contributed by atoms with van der Waals surface area (Å²) in [5.74, 6) is -0.211. The molecule has 0 radical (unpaired) electrons. The molecule has 0 aliphatic carbocycles. The van der Waals surface area contributed by atoms with E-state index in [0.29, 0.717) is 5.13 Å². The summed E-state index contributed by atoms with van der Waals surface area (Å²) >= 11 is 1.38. The summed E-state index contributed by atoms with van der Waals surface area (Å²) in [5, 5.41) is 5.11. The second-order valence-corrected chi connectivity index (χ2v) is 5.79. The Bertz CT molecular complexity index is 691. The quantitative estimate of drug-likeness (QED) is 0.748. The minimum atomic E-state index is -0.278. The van der Waals surface area contributed by atoms with Crippen LogP contribution in [0.5, 0.6) is 0 Å². The summed E-state index contributed by atoms with van der Waals surface area (Å²) in [6.45, 7) is -0.0337. The van der Waals surface area contributed by atoms with E-state index < -0.39 is 0 Å². The molecule has 0 bridgehead atoms. The van der Waals surface area contributed by atoms with E-state index in [1.165, 1.54) is 11.3 Å². The minimum absolute atomic E-state index is 0.0337. The molecule has 1 amide bonds. The van der Waals surface area contributed by atoms with E-state index in [1.807, 2.05) is 66.0 Å². The van der Waals surface area contributed by atoms with Crippen molar-refractivity contribution in [2.45, 2.75) is 6.10 Å². The molecule has 3 aromatic rings. The maximum Gasteiger partial charge on any atom is 0.252 e. The van der Waals surface area contributed by atoms with Gasteiger partial charge in [0.05, 0.1) is 0 Å². The van der Waals surface area contributed by atoms with Gasteiger partial charge in [-0.2, -0.15) is 0 Å². The van der Waals surface area contributed by atoms with E-state index in [4.69, 9.17) is 4.74 Å². The largest absolute Gasteiger partial charge is 0.359 e. The van der Waals surface area contributed by atoms with Crippen molar-refractivity contribution in [2.24, 2.45) is 0 Å². The zero-order valence-electron chi connectivity index (χ0n) is 12.4. The number of hydrogen-bond acceptors (Lipinski definition) is 4. The van der Waals surface area contributed by atoms with Gasteiger partial charge >= 0.3 is 0 Å². The predicted octanol–water partition coefficient (Wildman–Crippen LogP) is 3.89. The number of aromatic nitrogens is 1. The first-order chi connectivity index (χ1) is 11.3. The molecule has 0 aliphatic heterocycles. The van der Waals surface area contributed by atoms with E-state index in [0.717, 1.165) is 11.1 Å². The number of carbonyl (C=O) groups excluding carboxylic acids is 1. The van der Waals surface area contributed by atoms with Crippen molar-refractivity contribution in [3.05, 3.63) is 83.4 Å². The van der Waals surface area contributed by atoms with Crippen LogP contribution in [0.25, 0.3) is 0 Å². The second kappa shape index (κ2) is 7.67. The number of amides is 1. The fourth-order valence-corrected chi connectivity index (χ4v) is 2.79. The molecular weight excluding hydrogens is 308 g/mol. The van der Waals surface area contributed by atoms with Crippen LogP contribution in [0.1, 0.15) is 17.2 Å². The Morgan fingerprint density at radius 1 is 1.04 bits per heavy atom. The summed E-state index contributed by atoms with van der Waals surface area (Å²) in [6, 6.07) is 19.8. The Balaban J connectivity index is 1.71. The van der Waals surface area contributed by atoms with Gasteiger partial charge in [0, 0.05) is 11.6 Å². The highest BCUT2D eigenvalue weighted by atomic mass is 32.1. The number of benzene rings is 2. The summed E-state index contributed by atoms with van der Waals surface area (Å²) in [7, 11) is 0. The van der Waals surface area contributed by atoms with Gasteiger partial charge in [0.2, 0.25) is 0 Å². The summed E-state index contributed by atoms with van der Waals surface area (Å²) in [6.07, 6.45) is 1.37. The highest BCUT2D eigenvalue weighted by molar-refractivity contribution is 7.13. The average Bonchev–Trinajstić information content (AvgIpc) is 3.10. The molecule has 0 saturated carbocycles. The van der Waals surface area contributed by atoms with Crippen molar-refractivity contribution in [1.82, 2.24) is 4.98 Å². The van der Waals surface area contributed by atoms with Crippen LogP contribution in [-0.2, 0) is 9.53 Å². The van der Waals surface area contributed by atoms with Gasteiger partial charge in [-0.05, 0) is 11.1 Å². The van der Waals surface area contributed by atoms with Gasteiger partial charge < -0.3 is 4.74 Å². The van der Waals surface area contributed by atoms with Crippen molar-refractivity contribution >= 4 is 22.4 Å². The molecular formula is C18H16N2O2S. The minimum Gasteiger partial charge on any atom is -0.359 e. The zero-order valence-corrected chi connectivity index (χ0v) is 13.2. The fraction of sp³-hybridized carbons (Fsp3) is 0.111. The number of anilines is 1. The first-order valence-corrected chi connectivity index (χ1v) is 8.12. The predicted molar refractivity (Wildman–Crippen MR) is 91.4 cm³/mol. The van der Waals surface area contributed by atoms with E-state index in [2.05, 4.69) is 10.3 Å². The molecule has 1 heterocycles. The molecule has 0 saturated heterocycles. The molecule has 3 rings (SSSR count). The molecule has 1 N–H and O–H groups in total. The summed E-state index contributed by atoms with van der Waals surface area (Å²) in [5.41, 5.74) is 2.03. The average molecular weight is 324 g/mol. The van der Waals surface area contributed by atoms with Crippen molar-refractivity contribution in [2.75, 3.05) is 11.9 Å². The number of ether oxygens (including phenoxy) is 1. The molecule has 0 unspecified atom stereocenters. The molecule has 5 heteroatoms. The van der Waals surface area contributed by atoms with Gasteiger partial charge in [0.1, 0.15) is 12.7 Å². The van der Waals surface area contributed by atoms with E-state index >= 15 is 0 Å². The van der Waals surface area contributed by atoms with E-state index in [-0.39, 0.29) is 18.6 Å². The molecule has 1 aromatic heterocycles. The lowest BCUT2D eigenvalue weighted by molar-refractivity contribution is -0.121. The zero-order chi connectivity index (χ0) is 15.9. The van der Waals surface area contributed by atoms with E-state index in [9.17, 15) is 4.79 Å². The normalized spacial score (nSPS) is 10.7. The van der Waals surface area contributed by atoms with Crippen molar-refractivity contribution in [3.63, 3.8) is 0 Å². The molecule has 0 spiro atoms. The maximum absolute atomic E-state index is 12.0. The lowest BCUT2D eigenvalue weighted by atomic mass is 10.0. The van der Waals surface area contributed by atoms with Crippen molar-refractivity contribution < 1.29 is 9.53 Å². The number of nitrogens with zero attached hydrogens (tertiary/aromatic N) is 1. The number of nitrogens with one attached hydrogen (secondary N) is 1. The van der Waals surface area contributed by atoms with Gasteiger partial charge in [0.25, 0.3) is 5.91 Å². The topological polar surface area (TPSA) is 51.2 Å². The molecule has 116 valence electrons. The molecule has 4 nitrogen and oxygen atoms in total. The standard InChI is InChI=1S/C18H16N2O2S/c21-16(20-18-19-11-12-23-18)13-22-17(14-7-3-1-4-8-14)15-9-5-2-6-10-15/h1-12,17H,13H2,(H,19,20,21). The monoisotopic (exact) mass is 324 g/mol. The van der Waals surface area contributed by atoms with Crippen LogP contribution < -0.4 is 5.32 Å². The van der Waals surface area contributed by atoms with Crippen molar-refractivity contribution in [3.8, 4) is 0 Å². The number of carbonyl (C=O) groups is 1. The van der Waals surface area contributed by atoms with Crippen molar-refractivity contribution in [1.29, 1.82) is 0 Å². The smallest absolute Gasteiger partial charge is 0.252 e. The van der Waals surface area contributed by atoms with E-state index in [1.54, 1.807) is 6.20 Å². The molecule has 2 aromatic carbocycles. The summed E-state index contributed by atoms with van der Waals surface area (Å²) < 4.78 is 5.89. The molecule has 23 heavy (non-hydrogen) atoms.